The molecule has 2 aromatic rings. The molecule has 3 rings (SSSR count). The van der Waals surface area contributed by atoms with Crippen LogP contribution in [0.3, 0.4) is 0 Å². The third-order valence-electron chi connectivity index (χ3n) is 4.55. The second-order valence-electron chi connectivity index (χ2n) is 6.54. The number of amides is 1. The molecule has 5 nitrogen and oxygen atoms in total. The maximum absolute atomic E-state index is 12.9. The van der Waals surface area contributed by atoms with Crippen molar-refractivity contribution in [3.8, 4) is 0 Å². The molecule has 1 N–H and O–H groups in total. The van der Waals surface area contributed by atoms with Crippen LogP contribution in [0, 0.1) is 0 Å². The van der Waals surface area contributed by atoms with Crippen LogP contribution in [0.25, 0.3) is 0 Å². The van der Waals surface area contributed by atoms with Gasteiger partial charge in [-0.25, -0.2) is 13.1 Å². The summed E-state index contributed by atoms with van der Waals surface area (Å²) >= 11 is 6.23. The van der Waals surface area contributed by atoms with E-state index in [-0.39, 0.29) is 22.9 Å². The Morgan fingerprint density at radius 1 is 1.19 bits per heavy atom. The predicted octanol–water partition coefficient (Wildman–Crippen LogP) is 3.61. The van der Waals surface area contributed by atoms with Gasteiger partial charge in [0.1, 0.15) is 0 Å². The van der Waals surface area contributed by atoms with Gasteiger partial charge in [0.2, 0.25) is 10.0 Å². The summed E-state index contributed by atoms with van der Waals surface area (Å²) in [4.78, 5) is 14.5. The van der Waals surface area contributed by atoms with Gasteiger partial charge >= 0.3 is 0 Å². The fraction of sp³-hybridized carbons (Fsp3) is 0.316. The van der Waals surface area contributed by atoms with Crippen molar-refractivity contribution in [3.63, 3.8) is 0 Å². The van der Waals surface area contributed by atoms with Crippen LogP contribution in [0.4, 0.5) is 0 Å². The molecule has 7 heteroatoms. The molecule has 0 bridgehead atoms. The van der Waals surface area contributed by atoms with Crippen molar-refractivity contribution in [2.24, 2.45) is 0 Å². The molecule has 0 heterocycles. The van der Waals surface area contributed by atoms with E-state index in [9.17, 15) is 13.2 Å². The first-order valence-electron chi connectivity index (χ1n) is 8.43. The zero-order chi connectivity index (χ0) is 18.9. The van der Waals surface area contributed by atoms with Crippen LogP contribution in [-0.2, 0) is 10.0 Å². The predicted molar refractivity (Wildman–Crippen MR) is 102 cm³/mol. The van der Waals surface area contributed by atoms with Gasteiger partial charge in [-0.15, -0.1) is 0 Å². The maximum Gasteiger partial charge on any atom is 0.254 e. The Balaban J connectivity index is 1.83. The van der Waals surface area contributed by atoms with Crippen molar-refractivity contribution in [2.75, 3.05) is 7.05 Å². The first-order chi connectivity index (χ1) is 12.3. The van der Waals surface area contributed by atoms with Crippen molar-refractivity contribution in [3.05, 3.63) is 64.7 Å². The highest BCUT2D eigenvalue weighted by atomic mass is 35.5. The molecule has 0 aliphatic heterocycles. The number of carbonyl (C=O) groups is 1. The molecular formula is C19H21ClN2O3S. The van der Waals surface area contributed by atoms with Gasteiger partial charge in [0.15, 0.2) is 0 Å². The number of hydrogen-bond donors (Lipinski definition) is 1. The van der Waals surface area contributed by atoms with Crippen molar-refractivity contribution in [1.82, 2.24) is 9.62 Å². The lowest BCUT2D eigenvalue weighted by molar-refractivity contribution is 0.0742. The molecule has 0 aromatic heterocycles. The van der Waals surface area contributed by atoms with Crippen molar-refractivity contribution in [1.29, 1.82) is 0 Å². The lowest BCUT2D eigenvalue weighted by atomic mass is 10.1. The Morgan fingerprint density at radius 2 is 1.88 bits per heavy atom. The number of nitrogens with one attached hydrogen (secondary N) is 1. The van der Waals surface area contributed by atoms with Crippen LogP contribution >= 0.6 is 11.6 Å². The number of hydrogen-bond acceptors (Lipinski definition) is 3. The number of benzene rings is 2. The average molecular weight is 393 g/mol. The van der Waals surface area contributed by atoms with Crippen LogP contribution in [0.2, 0.25) is 5.02 Å². The van der Waals surface area contributed by atoms with Crippen molar-refractivity contribution in [2.45, 2.75) is 36.7 Å². The van der Waals surface area contributed by atoms with Crippen molar-refractivity contribution < 1.29 is 13.2 Å². The Labute approximate surface area is 159 Å². The number of nitrogens with zero attached hydrogens (tertiary/aromatic N) is 1. The fourth-order valence-corrected chi connectivity index (χ4v) is 4.33. The summed E-state index contributed by atoms with van der Waals surface area (Å²) in [5.41, 5.74) is 1.16. The zero-order valence-corrected chi connectivity index (χ0v) is 16.2. The van der Waals surface area contributed by atoms with Gasteiger partial charge in [0.05, 0.1) is 10.9 Å². The minimum atomic E-state index is -3.60. The summed E-state index contributed by atoms with van der Waals surface area (Å²) in [7, 11) is -1.92. The van der Waals surface area contributed by atoms with Crippen LogP contribution in [-0.4, -0.2) is 32.3 Å². The van der Waals surface area contributed by atoms with Gasteiger partial charge in [-0.2, -0.15) is 0 Å². The molecule has 1 fully saturated rings. The summed E-state index contributed by atoms with van der Waals surface area (Å²) < 4.78 is 27.4. The van der Waals surface area contributed by atoms with Crippen LogP contribution in [0.1, 0.15) is 41.7 Å². The Hall–Kier alpha value is -1.89. The second kappa shape index (κ2) is 7.39. The van der Waals surface area contributed by atoms with E-state index < -0.39 is 10.0 Å². The van der Waals surface area contributed by atoms with Gasteiger partial charge in [-0.05, 0) is 49.6 Å². The summed E-state index contributed by atoms with van der Waals surface area (Å²) in [5.74, 6) is -0.263. The molecule has 1 atom stereocenters. The lowest BCUT2D eigenvalue weighted by Gasteiger charge is -2.26. The topological polar surface area (TPSA) is 66.5 Å². The highest BCUT2D eigenvalue weighted by Crippen LogP contribution is 2.28. The van der Waals surface area contributed by atoms with Crippen LogP contribution in [0.5, 0.6) is 0 Å². The van der Waals surface area contributed by atoms with E-state index in [1.165, 1.54) is 12.1 Å². The molecule has 138 valence electrons. The molecule has 2 aromatic carbocycles. The molecule has 1 unspecified atom stereocenters. The van der Waals surface area contributed by atoms with E-state index in [2.05, 4.69) is 4.72 Å². The first-order valence-corrected chi connectivity index (χ1v) is 10.3. The number of carbonyl (C=O) groups excluding carboxylic acids is 1. The Morgan fingerprint density at radius 3 is 2.54 bits per heavy atom. The van der Waals surface area contributed by atoms with Gasteiger partial charge in [0, 0.05) is 23.7 Å². The van der Waals surface area contributed by atoms with E-state index >= 15 is 0 Å². The van der Waals surface area contributed by atoms with Crippen LogP contribution in [0.15, 0.2) is 53.4 Å². The molecule has 1 amide bonds. The smallest absolute Gasteiger partial charge is 0.254 e. The highest BCUT2D eigenvalue weighted by molar-refractivity contribution is 7.89. The molecule has 0 spiro atoms. The average Bonchev–Trinajstić information content (AvgIpc) is 3.43. The van der Waals surface area contributed by atoms with Crippen molar-refractivity contribution >= 4 is 27.5 Å². The SMILES string of the molecule is CC(c1ccccc1Cl)N(C)C(=O)c1cccc(S(=O)(=O)NC2CC2)c1. The Kier molecular flexibility index (Phi) is 5.37. The first kappa shape index (κ1) is 18.9. The molecule has 1 saturated carbocycles. The van der Waals surface area contributed by atoms with E-state index in [0.717, 1.165) is 18.4 Å². The minimum absolute atomic E-state index is 0.0160. The largest absolute Gasteiger partial charge is 0.335 e. The van der Waals surface area contributed by atoms with E-state index in [1.54, 1.807) is 30.1 Å². The monoisotopic (exact) mass is 392 g/mol. The quantitative estimate of drug-likeness (QED) is 0.816. The zero-order valence-electron chi connectivity index (χ0n) is 14.6. The van der Waals surface area contributed by atoms with E-state index in [1.807, 2.05) is 25.1 Å². The molecule has 0 saturated heterocycles. The minimum Gasteiger partial charge on any atom is -0.335 e. The third-order valence-corrected chi connectivity index (χ3v) is 6.41. The molecule has 1 aliphatic rings. The van der Waals surface area contributed by atoms with Gasteiger partial charge in [-0.1, -0.05) is 35.9 Å². The highest BCUT2D eigenvalue weighted by Gasteiger charge is 2.28. The molecule has 26 heavy (non-hydrogen) atoms. The third kappa shape index (κ3) is 4.09. The summed E-state index contributed by atoms with van der Waals surface area (Å²) in [6.45, 7) is 1.88. The Bertz CT molecular complexity index is 926. The van der Waals surface area contributed by atoms with Gasteiger partial charge < -0.3 is 4.90 Å². The van der Waals surface area contributed by atoms with Gasteiger partial charge in [-0.3, -0.25) is 4.79 Å². The second-order valence-corrected chi connectivity index (χ2v) is 8.66. The van der Waals surface area contributed by atoms with E-state index in [4.69, 9.17) is 11.6 Å². The lowest BCUT2D eigenvalue weighted by Crippen LogP contribution is -2.30. The standard InChI is InChI=1S/C19H21ClN2O3S/c1-13(17-8-3-4-9-18(17)20)22(2)19(23)14-6-5-7-16(12-14)26(24,25)21-15-10-11-15/h3-9,12-13,15,21H,10-11H2,1-2H3. The summed E-state index contributed by atoms with van der Waals surface area (Å²) in [6, 6.07) is 13.2. The number of halogens is 1. The number of sulfonamides is 1. The molecular weight excluding hydrogens is 372 g/mol. The summed E-state index contributed by atoms with van der Waals surface area (Å²) in [5, 5.41) is 0.588. The maximum atomic E-state index is 12.9. The van der Waals surface area contributed by atoms with E-state index in [0.29, 0.717) is 10.6 Å². The molecule has 1 aliphatic carbocycles. The molecule has 0 radical (unpaired) electrons. The van der Waals surface area contributed by atoms with Crippen LogP contribution < -0.4 is 4.72 Å². The fourth-order valence-electron chi connectivity index (χ4n) is 2.69. The summed E-state index contributed by atoms with van der Waals surface area (Å²) in [6.07, 6.45) is 1.71. The van der Waals surface area contributed by atoms with Gasteiger partial charge in [0.25, 0.3) is 5.91 Å². The number of rotatable bonds is 6. The normalized spacial score (nSPS) is 15.5.